The van der Waals surface area contributed by atoms with Crippen LogP contribution in [0.15, 0.2) is 0 Å². The Bertz CT molecular complexity index is 197. The largest absolute Gasteiger partial charge is 0.298 e. The van der Waals surface area contributed by atoms with Crippen molar-refractivity contribution < 1.29 is 0 Å². The normalized spacial score (nSPS) is 14.6. The van der Waals surface area contributed by atoms with Crippen LogP contribution >= 0.6 is 0 Å². The van der Waals surface area contributed by atoms with Crippen molar-refractivity contribution in [3.8, 4) is 0 Å². The van der Waals surface area contributed by atoms with E-state index in [1.165, 1.54) is 19.5 Å². The summed E-state index contributed by atoms with van der Waals surface area (Å²) >= 11 is 0. The van der Waals surface area contributed by atoms with Crippen LogP contribution < -0.4 is 0 Å². The Hall–Kier alpha value is -0.0400. The fourth-order valence-corrected chi connectivity index (χ4v) is 1.69. The lowest BCUT2D eigenvalue weighted by Crippen LogP contribution is -2.46. The summed E-state index contributed by atoms with van der Waals surface area (Å²) in [7, 11) is 0. The molecule has 0 aromatic carbocycles. The number of hydrogen-bond acceptors (Lipinski definition) is 1. The number of hydrogen-bond donors (Lipinski definition) is 0. The lowest BCUT2D eigenvalue weighted by molar-refractivity contribution is 0.0788. The van der Waals surface area contributed by atoms with E-state index in [2.05, 4.69) is 67.2 Å². The quantitative estimate of drug-likeness (QED) is 0.682. The fraction of sp³-hybridized carbons (Fsp3) is 1.00. The first-order valence-corrected chi connectivity index (χ1v) is 6.56. The SMILES string of the molecule is CC(C)(C)CCN(CC(C)(C)C)C(C)(C)C. The van der Waals surface area contributed by atoms with Gasteiger partial charge in [0.25, 0.3) is 0 Å². The van der Waals surface area contributed by atoms with Crippen molar-refractivity contribution in [3.05, 3.63) is 0 Å². The summed E-state index contributed by atoms with van der Waals surface area (Å²) in [6.45, 7) is 23.3. The molecule has 0 radical (unpaired) electrons. The zero-order valence-electron chi connectivity index (χ0n) is 13.1. The molecule has 16 heavy (non-hydrogen) atoms. The monoisotopic (exact) mass is 227 g/mol. The molecule has 0 aromatic rings. The van der Waals surface area contributed by atoms with Gasteiger partial charge >= 0.3 is 0 Å². The molecule has 0 spiro atoms. The molecule has 0 unspecified atom stereocenters. The minimum atomic E-state index is 0.276. The van der Waals surface area contributed by atoms with Crippen LogP contribution in [0.25, 0.3) is 0 Å². The molecule has 0 atom stereocenters. The lowest BCUT2D eigenvalue weighted by Gasteiger charge is -2.41. The van der Waals surface area contributed by atoms with Crippen molar-refractivity contribution >= 4 is 0 Å². The van der Waals surface area contributed by atoms with Crippen LogP contribution in [0.2, 0.25) is 0 Å². The summed E-state index contributed by atoms with van der Waals surface area (Å²) in [5.41, 5.74) is 1.09. The third-order valence-corrected chi connectivity index (χ3v) is 2.75. The zero-order valence-corrected chi connectivity index (χ0v) is 13.1. The highest BCUT2D eigenvalue weighted by Crippen LogP contribution is 2.26. The standard InChI is InChI=1S/C15H33N/c1-13(2,3)10-11-16(15(7,8)9)12-14(4,5)6/h10-12H2,1-9H3. The van der Waals surface area contributed by atoms with Crippen LogP contribution in [0, 0.1) is 10.8 Å². The van der Waals surface area contributed by atoms with E-state index in [0.717, 1.165) is 0 Å². The van der Waals surface area contributed by atoms with Gasteiger partial charge in [-0.2, -0.15) is 0 Å². The number of rotatable bonds is 3. The highest BCUT2D eigenvalue weighted by molar-refractivity contribution is 4.81. The maximum atomic E-state index is 2.62. The molecular weight excluding hydrogens is 194 g/mol. The Morgan fingerprint density at radius 1 is 0.688 bits per heavy atom. The van der Waals surface area contributed by atoms with Crippen molar-refractivity contribution in [2.24, 2.45) is 10.8 Å². The van der Waals surface area contributed by atoms with Crippen LogP contribution in [0.5, 0.6) is 0 Å². The second kappa shape index (κ2) is 5.08. The van der Waals surface area contributed by atoms with E-state index in [-0.39, 0.29) is 5.54 Å². The highest BCUT2D eigenvalue weighted by Gasteiger charge is 2.26. The predicted molar refractivity (Wildman–Crippen MR) is 74.9 cm³/mol. The van der Waals surface area contributed by atoms with E-state index in [4.69, 9.17) is 0 Å². The Kier molecular flexibility index (Phi) is 5.07. The van der Waals surface area contributed by atoms with Crippen LogP contribution in [0.3, 0.4) is 0 Å². The van der Waals surface area contributed by atoms with Gasteiger partial charge in [-0.1, -0.05) is 41.5 Å². The molecule has 0 aliphatic heterocycles. The maximum Gasteiger partial charge on any atom is 0.0125 e. The predicted octanol–water partition coefficient (Wildman–Crippen LogP) is 4.57. The topological polar surface area (TPSA) is 3.24 Å². The average molecular weight is 227 g/mol. The van der Waals surface area contributed by atoms with Crippen LogP contribution in [-0.4, -0.2) is 23.5 Å². The fourth-order valence-electron chi connectivity index (χ4n) is 1.69. The summed E-state index contributed by atoms with van der Waals surface area (Å²) < 4.78 is 0. The van der Waals surface area contributed by atoms with E-state index < -0.39 is 0 Å². The maximum absolute atomic E-state index is 2.62. The Morgan fingerprint density at radius 3 is 1.38 bits per heavy atom. The van der Waals surface area contributed by atoms with Gasteiger partial charge in [-0.15, -0.1) is 0 Å². The highest BCUT2D eigenvalue weighted by atomic mass is 15.2. The first-order chi connectivity index (χ1) is 6.81. The minimum absolute atomic E-state index is 0.276. The zero-order chi connectivity index (χ0) is 13.2. The Balaban J connectivity index is 4.47. The molecular formula is C15H33N. The van der Waals surface area contributed by atoms with E-state index in [0.29, 0.717) is 10.8 Å². The van der Waals surface area contributed by atoms with Gasteiger partial charge < -0.3 is 0 Å². The molecule has 98 valence electrons. The molecule has 0 rings (SSSR count). The molecule has 0 N–H and O–H groups in total. The lowest BCUT2D eigenvalue weighted by atomic mass is 9.89. The van der Waals surface area contributed by atoms with Crippen LogP contribution in [0.4, 0.5) is 0 Å². The van der Waals surface area contributed by atoms with Crippen molar-refractivity contribution in [1.29, 1.82) is 0 Å². The Morgan fingerprint density at radius 2 is 1.12 bits per heavy atom. The number of nitrogens with zero attached hydrogens (tertiary/aromatic N) is 1. The van der Waals surface area contributed by atoms with Gasteiger partial charge in [0.15, 0.2) is 0 Å². The molecule has 1 nitrogen and oxygen atoms in total. The molecule has 0 heterocycles. The van der Waals surface area contributed by atoms with Crippen molar-refractivity contribution in [3.63, 3.8) is 0 Å². The first-order valence-electron chi connectivity index (χ1n) is 6.56. The summed E-state index contributed by atoms with van der Waals surface area (Å²) in [6.07, 6.45) is 1.26. The Labute approximate surface area is 104 Å². The van der Waals surface area contributed by atoms with Crippen LogP contribution in [-0.2, 0) is 0 Å². The third-order valence-electron chi connectivity index (χ3n) is 2.75. The van der Waals surface area contributed by atoms with Gasteiger partial charge in [0.1, 0.15) is 0 Å². The first kappa shape index (κ1) is 16.0. The molecule has 0 fully saturated rings. The summed E-state index contributed by atoms with van der Waals surface area (Å²) in [5, 5.41) is 0. The van der Waals surface area contributed by atoms with Crippen molar-refractivity contribution in [1.82, 2.24) is 4.90 Å². The molecule has 0 amide bonds. The van der Waals surface area contributed by atoms with E-state index in [1.807, 2.05) is 0 Å². The van der Waals surface area contributed by atoms with Gasteiger partial charge in [0.2, 0.25) is 0 Å². The third kappa shape index (κ3) is 8.15. The van der Waals surface area contributed by atoms with Gasteiger partial charge in [-0.25, -0.2) is 0 Å². The van der Waals surface area contributed by atoms with Gasteiger partial charge in [0.05, 0.1) is 0 Å². The van der Waals surface area contributed by atoms with Gasteiger partial charge in [-0.3, -0.25) is 4.90 Å². The average Bonchev–Trinajstić information content (AvgIpc) is 1.91. The molecule has 1 heteroatoms. The minimum Gasteiger partial charge on any atom is -0.298 e. The molecule has 0 aliphatic rings. The molecule has 0 saturated heterocycles. The second-order valence-corrected chi connectivity index (χ2v) is 8.46. The van der Waals surface area contributed by atoms with Gasteiger partial charge in [0, 0.05) is 12.1 Å². The molecule has 0 saturated carbocycles. The molecule has 0 aromatic heterocycles. The van der Waals surface area contributed by atoms with Gasteiger partial charge in [-0.05, 0) is 44.6 Å². The van der Waals surface area contributed by atoms with Crippen LogP contribution in [0.1, 0.15) is 68.7 Å². The summed E-state index contributed by atoms with van der Waals surface area (Å²) in [4.78, 5) is 2.62. The van der Waals surface area contributed by atoms with Crippen molar-refractivity contribution in [2.45, 2.75) is 74.3 Å². The molecule has 0 bridgehead atoms. The van der Waals surface area contributed by atoms with E-state index in [1.54, 1.807) is 0 Å². The molecule has 0 aliphatic carbocycles. The van der Waals surface area contributed by atoms with Crippen molar-refractivity contribution in [2.75, 3.05) is 13.1 Å². The van der Waals surface area contributed by atoms with E-state index >= 15 is 0 Å². The summed E-state index contributed by atoms with van der Waals surface area (Å²) in [5.74, 6) is 0. The van der Waals surface area contributed by atoms with E-state index in [9.17, 15) is 0 Å². The smallest absolute Gasteiger partial charge is 0.0125 e. The second-order valence-electron chi connectivity index (χ2n) is 8.46. The summed E-state index contributed by atoms with van der Waals surface area (Å²) in [6, 6.07) is 0.